The summed E-state index contributed by atoms with van der Waals surface area (Å²) in [4.78, 5) is 8.78. The van der Waals surface area contributed by atoms with Gasteiger partial charge in [-0.15, -0.1) is 0 Å². The Labute approximate surface area is 112 Å². The largest absolute Gasteiger partial charge is 0.339 e. The maximum atomic E-state index is 5.32. The van der Waals surface area contributed by atoms with Crippen LogP contribution in [0.3, 0.4) is 0 Å². The van der Waals surface area contributed by atoms with E-state index in [1.165, 1.54) is 32.1 Å². The third-order valence-electron chi connectivity index (χ3n) is 3.66. The number of nitrogens with one attached hydrogen (secondary N) is 1. The second-order valence-electron chi connectivity index (χ2n) is 5.22. The molecule has 1 aliphatic carbocycles. The molecule has 1 fully saturated rings. The summed E-state index contributed by atoms with van der Waals surface area (Å²) >= 11 is 0. The molecule has 6 nitrogen and oxygen atoms in total. The first-order chi connectivity index (χ1) is 9.31. The van der Waals surface area contributed by atoms with Gasteiger partial charge in [-0.2, -0.15) is 10.1 Å². The van der Waals surface area contributed by atoms with Crippen molar-refractivity contribution in [1.82, 2.24) is 25.3 Å². The molecule has 2 aromatic heterocycles. The third-order valence-corrected chi connectivity index (χ3v) is 3.66. The van der Waals surface area contributed by atoms with Crippen LogP contribution in [-0.4, -0.2) is 25.3 Å². The van der Waals surface area contributed by atoms with E-state index in [2.05, 4.69) is 25.3 Å². The molecule has 2 aromatic rings. The lowest BCUT2D eigenvalue weighted by molar-refractivity contribution is 0.357. The van der Waals surface area contributed by atoms with Gasteiger partial charge in [-0.1, -0.05) is 24.4 Å². The van der Waals surface area contributed by atoms with Crippen LogP contribution in [0.1, 0.15) is 61.4 Å². The lowest BCUT2D eigenvalue weighted by atomic mass is 9.89. The van der Waals surface area contributed by atoms with Crippen LogP contribution in [0.4, 0.5) is 0 Å². The summed E-state index contributed by atoms with van der Waals surface area (Å²) in [5.74, 6) is 3.72. The van der Waals surface area contributed by atoms with Crippen molar-refractivity contribution in [2.45, 2.75) is 57.8 Å². The quantitative estimate of drug-likeness (QED) is 0.913. The Bertz CT molecular complexity index is 527. The number of rotatable bonds is 4. The number of nitrogens with zero attached hydrogens (tertiary/aromatic N) is 4. The van der Waals surface area contributed by atoms with Gasteiger partial charge in [-0.3, -0.25) is 5.10 Å². The molecule has 0 bridgehead atoms. The minimum atomic E-state index is 0.497. The van der Waals surface area contributed by atoms with Crippen molar-refractivity contribution in [3.8, 4) is 0 Å². The highest BCUT2D eigenvalue weighted by atomic mass is 16.5. The predicted molar refractivity (Wildman–Crippen MR) is 68.7 cm³/mol. The first-order valence-corrected chi connectivity index (χ1v) is 7.01. The number of aromatic nitrogens is 5. The van der Waals surface area contributed by atoms with Crippen LogP contribution >= 0.6 is 0 Å². The molecule has 6 heteroatoms. The molecule has 0 radical (unpaired) electrons. The average Bonchev–Trinajstić information content (AvgIpc) is 3.06. The summed E-state index contributed by atoms with van der Waals surface area (Å²) in [5.41, 5.74) is 0. The zero-order valence-electron chi connectivity index (χ0n) is 11.2. The van der Waals surface area contributed by atoms with E-state index in [1.54, 1.807) is 0 Å². The molecule has 1 aliphatic rings. The van der Waals surface area contributed by atoms with Gasteiger partial charge in [0, 0.05) is 18.8 Å². The van der Waals surface area contributed by atoms with Crippen molar-refractivity contribution in [2.75, 3.05) is 0 Å². The van der Waals surface area contributed by atoms with E-state index >= 15 is 0 Å². The highest BCUT2D eigenvalue weighted by molar-refractivity contribution is 4.98. The van der Waals surface area contributed by atoms with Crippen LogP contribution < -0.4 is 0 Å². The van der Waals surface area contributed by atoms with Crippen molar-refractivity contribution < 1.29 is 4.52 Å². The SMILES string of the molecule is Cc1nc(CCc2nc(C3CCCCC3)no2)n[nH]1. The number of hydrogen-bond acceptors (Lipinski definition) is 5. The second-order valence-corrected chi connectivity index (χ2v) is 5.22. The summed E-state index contributed by atoms with van der Waals surface area (Å²) in [6.45, 7) is 1.89. The molecule has 19 heavy (non-hydrogen) atoms. The second kappa shape index (κ2) is 5.50. The van der Waals surface area contributed by atoms with Gasteiger partial charge in [0.2, 0.25) is 5.89 Å². The molecule has 0 atom stereocenters. The highest BCUT2D eigenvalue weighted by Crippen LogP contribution is 2.30. The van der Waals surface area contributed by atoms with Crippen LogP contribution in [0.15, 0.2) is 4.52 Å². The number of hydrogen-bond donors (Lipinski definition) is 1. The third kappa shape index (κ3) is 3.00. The van der Waals surface area contributed by atoms with E-state index < -0.39 is 0 Å². The van der Waals surface area contributed by atoms with Crippen molar-refractivity contribution in [3.63, 3.8) is 0 Å². The molecule has 1 N–H and O–H groups in total. The zero-order valence-corrected chi connectivity index (χ0v) is 11.2. The zero-order chi connectivity index (χ0) is 13.1. The maximum absolute atomic E-state index is 5.32. The van der Waals surface area contributed by atoms with Crippen molar-refractivity contribution in [2.24, 2.45) is 0 Å². The van der Waals surface area contributed by atoms with E-state index in [0.717, 1.165) is 23.9 Å². The molecule has 0 aromatic carbocycles. The van der Waals surface area contributed by atoms with Gasteiger partial charge in [-0.05, 0) is 19.8 Å². The van der Waals surface area contributed by atoms with Crippen LogP contribution in [0.2, 0.25) is 0 Å². The molecule has 2 heterocycles. The molecule has 0 spiro atoms. The predicted octanol–water partition coefficient (Wildman–Crippen LogP) is 2.33. The van der Waals surface area contributed by atoms with Crippen molar-refractivity contribution >= 4 is 0 Å². The highest BCUT2D eigenvalue weighted by Gasteiger charge is 2.20. The number of aromatic amines is 1. The smallest absolute Gasteiger partial charge is 0.227 e. The Morgan fingerprint density at radius 1 is 1.16 bits per heavy atom. The fourth-order valence-corrected chi connectivity index (χ4v) is 2.62. The van der Waals surface area contributed by atoms with Gasteiger partial charge >= 0.3 is 0 Å². The molecule has 0 unspecified atom stereocenters. The van der Waals surface area contributed by atoms with E-state index in [1.807, 2.05) is 6.92 Å². The van der Waals surface area contributed by atoms with Gasteiger partial charge in [0.25, 0.3) is 0 Å². The molecule has 3 rings (SSSR count). The van der Waals surface area contributed by atoms with Gasteiger partial charge in [0.1, 0.15) is 5.82 Å². The molecule has 102 valence electrons. The van der Waals surface area contributed by atoms with Crippen LogP contribution in [0.5, 0.6) is 0 Å². The Balaban J connectivity index is 1.58. The van der Waals surface area contributed by atoms with E-state index in [-0.39, 0.29) is 0 Å². The molecule has 0 saturated heterocycles. The molecule has 0 aliphatic heterocycles. The van der Waals surface area contributed by atoms with Crippen LogP contribution in [-0.2, 0) is 12.8 Å². The normalized spacial score (nSPS) is 16.9. The summed E-state index contributed by atoms with van der Waals surface area (Å²) < 4.78 is 5.32. The average molecular weight is 261 g/mol. The van der Waals surface area contributed by atoms with E-state index in [4.69, 9.17) is 4.52 Å². The van der Waals surface area contributed by atoms with Gasteiger partial charge in [-0.25, -0.2) is 4.98 Å². The fraction of sp³-hybridized carbons (Fsp3) is 0.692. The summed E-state index contributed by atoms with van der Waals surface area (Å²) in [6, 6.07) is 0. The Kier molecular flexibility index (Phi) is 3.57. The Hall–Kier alpha value is -1.72. The standard InChI is InChI=1S/C13H19N5O/c1-9-14-11(17-16-9)7-8-12-15-13(18-19-12)10-5-3-2-4-6-10/h10H,2-8H2,1H3,(H,14,16,17). The first kappa shape index (κ1) is 12.3. The monoisotopic (exact) mass is 261 g/mol. The first-order valence-electron chi connectivity index (χ1n) is 7.01. The van der Waals surface area contributed by atoms with Gasteiger partial charge < -0.3 is 4.52 Å². The summed E-state index contributed by atoms with van der Waals surface area (Å²) in [7, 11) is 0. The number of H-pyrrole nitrogens is 1. The Morgan fingerprint density at radius 3 is 2.74 bits per heavy atom. The Morgan fingerprint density at radius 2 is 2.00 bits per heavy atom. The van der Waals surface area contributed by atoms with E-state index in [9.17, 15) is 0 Å². The lowest BCUT2D eigenvalue weighted by Crippen LogP contribution is -2.06. The lowest BCUT2D eigenvalue weighted by Gasteiger charge is -2.17. The minimum Gasteiger partial charge on any atom is -0.339 e. The minimum absolute atomic E-state index is 0.497. The summed E-state index contributed by atoms with van der Waals surface area (Å²) in [5, 5.41) is 11.1. The summed E-state index contributed by atoms with van der Waals surface area (Å²) in [6.07, 6.45) is 7.73. The molecule has 0 amide bonds. The van der Waals surface area contributed by atoms with Gasteiger partial charge in [0.15, 0.2) is 11.6 Å². The van der Waals surface area contributed by atoms with E-state index in [0.29, 0.717) is 18.2 Å². The maximum Gasteiger partial charge on any atom is 0.227 e. The van der Waals surface area contributed by atoms with Gasteiger partial charge in [0.05, 0.1) is 0 Å². The molecular weight excluding hydrogens is 242 g/mol. The molecular formula is C13H19N5O. The van der Waals surface area contributed by atoms with Crippen molar-refractivity contribution in [3.05, 3.63) is 23.4 Å². The topological polar surface area (TPSA) is 80.5 Å². The van der Waals surface area contributed by atoms with Crippen LogP contribution in [0, 0.1) is 6.92 Å². The molecule has 1 saturated carbocycles. The fourth-order valence-electron chi connectivity index (χ4n) is 2.62. The van der Waals surface area contributed by atoms with Crippen LogP contribution in [0.25, 0.3) is 0 Å². The van der Waals surface area contributed by atoms with Crippen molar-refractivity contribution in [1.29, 1.82) is 0 Å². The number of aryl methyl sites for hydroxylation is 3.